The van der Waals surface area contributed by atoms with Gasteiger partial charge in [0.25, 0.3) is 0 Å². The summed E-state index contributed by atoms with van der Waals surface area (Å²) < 4.78 is 5.53. The average Bonchev–Trinajstić information content (AvgIpc) is 3.13. The highest BCUT2D eigenvalue weighted by Crippen LogP contribution is 2.44. The van der Waals surface area contributed by atoms with Crippen LogP contribution < -0.4 is 10.1 Å². The number of hydrogen-bond acceptors (Lipinski definition) is 3. The van der Waals surface area contributed by atoms with Gasteiger partial charge in [0.15, 0.2) is 0 Å². The van der Waals surface area contributed by atoms with E-state index in [4.69, 9.17) is 4.74 Å². The SMILES string of the molecule is CNCC1CCCN(C(=O)C2(c3ccc(C)c(OC)c3)CCCC2)C1.Cl. The van der Waals surface area contributed by atoms with Crippen molar-refractivity contribution in [2.45, 2.75) is 50.9 Å². The number of carbonyl (C=O) groups excluding carboxylic acids is 1. The van der Waals surface area contributed by atoms with Gasteiger partial charge in [0.05, 0.1) is 12.5 Å². The van der Waals surface area contributed by atoms with Crippen LogP contribution in [-0.2, 0) is 10.2 Å². The van der Waals surface area contributed by atoms with E-state index in [-0.39, 0.29) is 17.8 Å². The largest absolute Gasteiger partial charge is 0.496 e. The predicted octanol–water partition coefficient (Wildman–Crippen LogP) is 3.70. The lowest BCUT2D eigenvalue weighted by Crippen LogP contribution is -2.50. The van der Waals surface area contributed by atoms with Gasteiger partial charge >= 0.3 is 0 Å². The zero-order chi connectivity index (χ0) is 17.9. The molecule has 1 heterocycles. The first kappa shape index (κ1) is 21.0. The summed E-state index contributed by atoms with van der Waals surface area (Å²) in [5.41, 5.74) is 1.93. The number of halogens is 1. The Hall–Kier alpha value is -1.26. The van der Waals surface area contributed by atoms with E-state index in [1.807, 2.05) is 7.05 Å². The van der Waals surface area contributed by atoms with Crippen molar-refractivity contribution in [2.24, 2.45) is 5.92 Å². The van der Waals surface area contributed by atoms with Gasteiger partial charge in [0.1, 0.15) is 5.75 Å². The third-order valence-electron chi connectivity index (χ3n) is 6.13. The van der Waals surface area contributed by atoms with Crippen molar-refractivity contribution in [3.63, 3.8) is 0 Å². The lowest BCUT2D eigenvalue weighted by molar-refractivity contribution is -0.139. The molecule has 4 nitrogen and oxygen atoms in total. The second-order valence-electron chi connectivity index (χ2n) is 7.79. The second-order valence-corrected chi connectivity index (χ2v) is 7.79. The normalized spacial score (nSPS) is 22.0. The zero-order valence-corrected chi connectivity index (χ0v) is 17.2. The molecule has 5 heteroatoms. The highest BCUT2D eigenvalue weighted by molar-refractivity contribution is 5.89. The average molecular weight is 381 g/mol. The van der Waals surface area contributed by atoms with Crippen molar-refractivity contribution < 1.29 is 9.53 Å². The van der Waals surface area contributed by atoms with Crippen molar-refractivity contribution in [1.29, 1.82) is 0 Å². The number of ether oxygens (including phenoxy) is 1. The number of amides is 1. The second kappa shape index (κ2) is 9.09. The van der Waals surface area contributed by atoms with Crippen LogP contribution in [0, 0.1) is 12.8 Å². The van der Waals surface area contributed by atoms with E-state index in [2.05, 4.69) is 35.3 Å². The molecule has 1 N–H and O–H groups in total. The Bertz CT molecular complexity index is 612. The lowest BCUT2D eigenvalue weighted by Gasteiger charge is -2.39. The topological polar surface area (TPSA) is 41.6 Å². The van der Waals surface area contributed by atoms with Gasteiger partial charge in [-0.05, 0) is 69.3 Å². The molecular formula is C21H33ClN2O2. The fraction of sp³-hybridized carbons (Fsp3) is 0.667. The molecule has 26 heavy (non-hydrogen) atoms. The van der Waals surface area contributed by atoms with Gasteiger partial charge in [0.2, 0.25) is 5.91 Å². The molecule has 1 atom stereocenters. The minimum absolute atomic E-state index is 0. The highest BCUT2D eigenvalue weighted by atomic mass is 35.5. The molecule has 1 saturated heterocycles. The number of rotatable bonds is 5. The number of nitrogens with zero attached hydrogens (tertiary/aromatic N) is 1. The summed E-state index contributed by atoms with van der Waals surface area (Å²) in [6.45, 7) is 4.85. The van der Waals surface area contributed by atoms with Gasteiger partial charge in [-0.3, -0.25) is 4.79 Å². The van der Waals surface area contributed by atoms with Crippen LogP contribution in [-0.4, -0.2) is 44.6 Å². The van der Waals surface area contributed by atoms with Gasteiger partial charge < -0.3 is 15.0 Å². The minimum atomic E-state index is -0.345. The molecule has 1 saturated carbocycles. The van der Waals surface area contributed by atoms with Gasteiger partial charge in [-0.15, -0.1) is 12.4 Å². The number of nitrogens with one attached hydrogen (secondary N) is 1. The van der Waals surface area contributed by atoms with E-state index in [0.29, 0.717) is 11.8 Å². The van der Waals surface area contributed by atoms with Crippen LogP contribution in [0.3, 0.4) is 0 Å². The fourth-order valence-corrected chi connectivity index (χ4v) is 4.73. The first-order valence-electron chi connectivity index (χ1n) is 9.70. The Labute approximate surface area is 164 Å². The molecule has 1 aliphatic heterocycles. The van der Waals surface area contributed by atoms with Crippen LogP contribution in [0.5, 0.6) is 5.75 Å². The minimum Gasteiger partial charge on any atom is -0.496 e. The maximum atomic E-state index is 13.6. The first-order valence-corrected chi connectivity index (χ1v) is 9.70. The maximum Gasteiger partial charge on any atom is 0.233 e. The number of piperidine rings is 1. The molecule has 1 aromatic carbocycles. The number of methoxy groups -OCH3 is 1. The van der Waals surface area contributed by atoms with Crippen molar-refractivity contribution in [3.8, 4) is 5.75 Å². The van der Waals surface area contributed by atoms with E-state index >= 15 is 0 Å². The molecule has 3 rings (SSSR count). The molecule has 0 spiro atoms. The molecule has 1 unspecified atom stereocenters. The fourth-order valence-electron chi connectivity index (χ4n) is 4.73. The molecule has 146 valence electrons. The molecule has 2 aliphatic rings. The summed E-state index contributed by atoms with van der Waals surface area (Å²) in [6, 6.07) is 6.35. The summed E-state index contributed by atoms with van der Waals surface area (Å²) in [5, 5.41) is 3.27. The third-order valence-corrected chi connectivity index (χ3v) is 6.13. The predicted molar refractivity (Wildman–Crippen MR) is 108 cm³/mol. The smallest absolute Gasteiger partial charge is 0.233 e. The Morgan fingerprint density at radius 3 is 2.69 bits per heavy atom. The van der Waals surface area contributed by atoms with E-state index in [9.17, 15) is 4.79 Å². The summed E-state index contributed by atoms with van der Waals surface area (Å²) in [7, 11) is 3.71. The third kappa shape index (κ3) is 4.01. The highest BCUT2D eigenvalue weighted by Gasteiger charge is 2.45. The Morgan fingerprint density at radius 2 is 2.04 bits per heavy atom. The van der Waals surface area contributed by atoms with Crippen LogP contribution in [0.2, 0.25) is 0 Å². The molecule has 1 aliphatic carbocycles. The monoisotopic (exact) mass is 380 g/mol. The molecule has 1 amide bonds. The van der Waals surface area contributed by atoms with Crippen molar-refractivity contribution in [3.05, 3.63) is 29.3 Å². The van der Waals surface area contributed by atoms with Crippen LogP contribution >= 0.6 is 12.4 Å². The number of hydrogen-bond donors (Lipinski definition) is 1. The Kier molecular flexibility index (Phi) is 7.36. The van der Waals surface area contributed by atoms with Crippen LogP contribution in [0.1, 0.15) is 49.7 Å². The number of likely N-dealkylation sites (tertiary alicyclic amines) is 1. The molecule has 0 aromatic heterocycles. The van der Waals surface area contributed by atoms with E-state index < -0.39 is 0 Å². The van der Waals surface area contributed by atoms with Crippen LogP contribution in [0.4, 0.5) is 0 Å². The lowest BCUT2D eigenvalue weighted by atomic mass is 9.76. The van der Waals surface area contributed by atoms with Gasteiger partial charge in [0, 0.05) is 13.1 Å². The molecule has 2 fully saturated rings. The van der Waals surface area contributed by atoms with Crippen LogP contribution in [0.15, 0.2) is 18.2 Å². The first-order chi connectivity index (χ1) is 12.1. The standard InChI is InChI=1S/C21H32N2O2.ClH/c1-16-8-9-18(13-19(16)25-3)21(10-4-5-11-21)20(24)23-12-6-7-17(15-23)14-22-2;/h8-9,13,17,22H,4-7,10-12,14-15H2,1-3H3;1H. The summed E-state index contributed by atoms with van der Waals surface area (Å²) >= 11 is 0. The summed E-state index contributed by atoms with van der Waals surface area (Å²) in [4.78, 5) is 15.8. The van der Waals surface area contributed by atoms with Crippen molar-refractivity contribution in [2.75, 3.05) is 33.8 Å². The number of aryl methyl sites for hydroxylation is 1. The van der Waals surface area contributed by atoms with E-state index in [0.717, 1.165) is 68.6 Å². The van der Waals surface area contributed by atoms with E-state index in [1.165, 1.54) is 6.42 Å². The zero-order valence-electron chi connectivity index (χ0n) is 16.3. The molecular weight excluding hydrogens is 348 g/mol. The molecule has 0 radical (unpaired) electrons. The summed E-state index contributed by atoms with van der Waals surface area (Å²) in [6.07, 6.45) is 6.53. The van der Waals surface area contributed by atoms with Crippen LogP contribution in [0.25, 0.3) is 0 Å². The Morgan fingerprint density at radius 1 is 1.31 bits per heavy atom. The number of benzene rings is 1. The van der Waals surface area contributed by atoms with Crippen molar-refractivity contribution in [1.82, 2.24) is 10.2 Å². The van der Waals surface area contributed by atoms with E-state index in [1.54, 1.807) is 7.11 Å². The summed E-state index contributed by atoms with van der Waals surface area (Å²) in [5.74, 6) is 1.81. The quantitative estimate of drug-likeness (QED) is 0.846. The maximum absolute atomic E-state index is 13.6. The molecule has 0 bridgehead atoms. The number of carbonyl (C=O) groups is 1. The Balaban J connectivity index is 0.00000243. The molecule has 1 aromatic rings. The van der Waals surface area contributed by atoms with Crippen molar-refractivity contribution >= 4 is 18.3 Å². The van der Waals surface area contributed by atoms with Gasteiger partial charge in [-0.25, -0.2) is 0 Å². The van der Waals surface area contributed by atoms with Gasteiger partial charge in [-0.2, -0.15) is 0 Å². The van der Waals surface area contributed by atoms with Gasteiger partial charge in [-0.1, -0.05) is 25.0 Å².